The lowest BCUT2D eigenvalue weighted by Gasteiger charge is -2.12. The van der Waals surface area contributed by atoms with Crippen molar-refractivity contribution in [1.29, 1.82) is 0 Å². The molecule has 0 saturated carbocycles. The quantitative estimate of drug-likeness (QED) is 0.264. The van der Waals surface area contributed by atoms with E-state index in [2.05, 4.69) is 75.7 Å². The van der Waals surface area contributed by atoms with Crippen molar-refractivity contribution in [3.8, 4) is 16.9 Å². The van der Waals surface area contributed by atoms with Crippen molar-refractivity contribution >= 4 is 29.1 Å². The van der Waals surface area contributed by atoms with E-state index in [9.17, 15) is 0 Å². The van der Waals surface area contributed by atoms with Gasteiger partial charge in [-0.3, -0.25) is 0 Å². The van der Waals surface area contributed by atoms with Gasteiger partial charge in [-0.25, -0.2) is 4.98 Å². The molecule has 5 rings (SSSR count). The van der Waals surface area contributed by atoms with Crippen molar-refractivity contribution in [2.75, 3.05) is 0 Å². The molecule has 0 aliphatic carbocycles. The summed E-state index contributed by atoms with van der Waals surface area (Å²) in [5, 5.41) is 6.12. The molecule has 3 aromatic heterocycles. The molecule has 2 aromatic carbocycles. The second kappa shape index (κ2) is 9.38. The van der Waals surface area contributed by atoms with Gasteiger partial charge < -0.3 is 9.30 Å². The molecule has 0 radical (unpaired) electrons. The van der Waals surface area contributed by atoms with E-state index < -0.39 is 0 Å². The highest BCUT2D eigenvalue weighted by Crippen LogP contribution is 2.35. The number of aryl methyl sites for hydroxylation is 5. The fraction of sp³-hybridized carbons (Fsp3) is 0.310. The van der Waals surface area contributed by atoms with E-state index in [1.807, 2.05) is 30.5 Å². The highest BCUT2D eigenvalue weighted by Gasteiger charge is 2.21. The number of aromatic nitrogens is 4. The summed E-state index contributed by atoms with van der Waals surface area (Å²) in [7, 11) is 0. The Morgan fingerprint density at radius 1 is 0.857 bits per heavy atom. The molecule has 35 heavy (non-hydrogen) atoms. The van der Waals surface area contributed by atoms with E-state index in [0.29, 0.717) is 0 Å². The van der Waals surface area contributed by atoms with Crippen LogP contribution in [0.3, 0.4) is 0 Å². The number of fused-ring (bicyclic) bond motifs is 3. The Morgan fingerprint density at radius 2 is 1.51 bits per heavy atom. The molecule has 0 saturated heterocycles. The Labute approximate surface area is 213 Å². The predicted molar refractivity (Wildman–Crippen MR) is 146 cm³/mol. The fourth-order valence-electron chi connectivity index (χ4n) is 5.10. The van der Waals surface area contributed by atoms with Crippen molar-refractivity contribution in [3.63, 3.8) is 0 Å². The summed E-state index contributed by atoms with van der Waals surface area (Å²) in [6.45, 7) is 15.5. The lowest BCUT2D eigenvalue weighted by Crippen LogP contribution is -2.06. The average Bonchev–Trinajstić information content (AvgIpc) is 3.31. The van der Waals surface area contributed by atoms with E-state index in [1.54, 1.807) is 0 Å². The molecule has 6 heteroatoms. The van der Waals surface area contributed by atoms with Crippen molar-refractivity contribution in [2.45, 2.75) is 61.1 Å². The summed E-state index contributed by atoms with van der Waals surface area (Å²) in [6.07, 6.45) is 2.30. The van der Waals surface area contributed by atoms with E-state index in [4.69, 9.17) is 14.8 Å². The van der Waals surface area contributed by atoms with Crippen molar-refractivity contribution in [3.05, 3.63) is 82.3 Å². The first-order valence-corrected chi connectivity index (χ1v) is 11.9. The van der Waals surface area contributed by atoms with E-state index in [0.717, 1.165) is 45.9 Å². The highest BCUT2D eigenvalue weighted by molar-refractivity contribution is 5.89. The highest BCUT2D eigenvalue weighted by atomic mass is 35.5. The zero-order valence-electron chi connectivity index (χ0n) is 21.5. The van der Waals surface area contributed by atoms with Crippen LogP contribution >= 0.6 is 12.4 Å². The van der Waals surface area contributed by atoms with Crippen LogP contribution < -0.4 is 4.74 Å². The first-order chi connectivity index (χ1) is 16.2. The molecule has 182 valence electrons. The number of benzene rings is 2. The van der Waals surface area contributed by atoms with Crippen LogP contribution in [0.2, 0.25) is 0 Å². The maximum Gasteiger partial charge on any atom is 0.165 e. The molecule has 0 unspecified atom stereocenters. The van der Waals surface area contributed by atoms with Gasteiger partial charge in [0.2, 0.25) is 0 Å². The molecular weight excluding hydrogens is 456 g/mol. The Bertz CT molecular complexity index is 1500. The number of ether oxygens (including phenoxy) is 1. The molecule has 5 aromatic rings. The standard InChI is InChI=1S/C29H32N4O.ClH/c1-17(2)34-24-10-8-23(9-11-24)16-32-13-12-25-21(6)30-28-27(22(7)31-33(28)29(25)32)26-19(4)14-18(3)15-20(26)5;/h8-15,17H,16H2,1-7H3;1H. The van der Waals surface area contributed by atoms with Gasteiger partial charge in [-0.2, -0.15) is 9.61 Å². The van der Waals surface area contributed by atoms with Crippen LogP contribution in [0, 0.1) is 34.6 Å². The molecule has 0 bridgehead atoms. The molecule has 0 aliphatic heterocycles. The minimum atomic E-state index is 0. The van der Waals surface area contributed by atoms with Crippen LogP contribution in [0.4, 0.5) is 0 Å². The van der Waals surface area contributed by atoms with Gasteiger partial charge in [0.15, 0.2) is 5.65 Å². The Morgan fingerprint density at radius 3 is 2.14 bits per heavy atom. The summed E-state index contributed by atoms with van der Waals surface area (Å²) in [5.74, 6) is 0.898. The third-order valence-electron chi connectivity index (χ3n) is 6.41. The normalized spacial score (nSPS) is 11.4. The number of rotatable bonds is 5. The predicted octanol–water partition coefficient (Wildman–Crippen LogP) is 7.15. The van der Waals surface area contributed by atoms with Crippen molar-refractivity contribution in [1.82, 2.24) is 19.2 Å². The fourth-order valence-corrected chi connectivity index (χ4v) is 5.10. The van der Waals surface area contributed by atoms with Gasteiger partial charge in [-0.05, 0) is 88.9 Å². The summed E-state index contributed by atoms with van der Waals surface area (Å²) >= 11 is 0. The van der Waals surface area contributed by atoms with Gasteiger partial charge in [0.05, 0.1) is 23.1 Å². The topological polar surface area (TPSA) is 44.4 Å². The molecule has 0 amide bonds. The van der Waals surface area contributed by atoms with Gasteiger partial charge in [-0.1, -0.05) is 29.8 Å². The molecular formula is C29H33ClN4O. The summed E-state index contributed by atoms with van der Waals surface area (Å²) in [6, 6.07) is 15.0. The maximum atomic E-state index is 5.80. The third-order valence-corrected chi connectivity index (χ3v) is 6.41. The smallest absolute Gasteiger partial charge is 0.165 e. The molecule has 0 fully saturated rings. The molecule has 5 nitrogen and oxygen atoms in total. The summed E-state index contributed by atoms with van der Waals surface area (Å²) in [4.78, 5) is 5.04. The van der Waals surface area contributed by atoms with E-state index in [1.165, 1.54) is 27.8 Å². The van der Waals surface area contributed by atoms with E-state index >= 15 is 0 Å². The lowest BCUT2D eigenvalue weighted by atomic mass is 9.94. The van der Waals surface area contributed by atoms with Crippen LogP contribution in [0.15, 0.2) is 48.7 Å². The minimum Gasteiger partial charge on any atom is -0.491 e. The van der Waals surface area contributed by atoms with Gasteiger partial charge in [-0.15, -0.1) is 12.4 Å². The lowest BCUT2D eigenvalue weighted by molar-refractivity contribution is 0.242. The van der Waals surface area contributed by atoms with Gasteiger partial charge in [0, 0.05) is 18.1 Å². The van der Waals surface area contributed by atoms with Crippen LogP contribution in [0.5, 0.6) is 5.75 Å². The SMILES string of the molecule is Cc1cc(C)c(-c2c(C)nn3c2nc(C)c2ccn(Cc4ccc(OC(C)C)cc4)c23)c(C)c1.Cl. The second-order valence-electron chi connectivity index (χ2n) is 9.66. The van der Waals surface area contributed by atoms with Gasteiger partial charge in [0.25, 0.3) is 0 Å². The number of hydrogen-bond donors (Lipinski definition) is 0. The molecule has 3 heterocycles. The summed E-state index contributed by atoms with van der Waals surface area (Å²) < 4.78 is 10.1. The van der Waals surface area contributed by atoms with Crippen LogP contribution in [-0.4, -0.2) is 25.3 Å². The van der Waals surface area contributed by atoms with Crippen molar-refractivity contribution in [2.24, 2.45) is 0 Å². The summed E-state index contributed by atoms with van der Waals surface area (Å²) in [5.41, 5.74) is 11.4. The van der Waals surface area contributed by atoms with E-state index in [-0.39, 0.29) is 18.5 Å². The first-order valence-electron chi connectivity index (χ1n) is 11.9. The maximum absolute atomic E-state index is 5.80. The Balaban J connectivity index is 0.00000289. The van der Waals surface area contributed by atoms with Gasteiger partial charge in [0.1, 0.15) is 11.4 Å². The van der Waals surface area contributed by atoms with Crippen LogP contribution in [-0.2, 0) is 6.54 Å². The largest absolute Gasteiger partial charge is 0.491 e. The minimum absolute atomic E-state index is 0. The molecule has 0 N–H and O–H groups in total. The number of hydrogen-bond acceptors (Lipinski definition) is 3. The Kier molecular flexibility index (Phi) is 6.65. The third kappa shape index (κ3) is 4.41. The zero-order chi connectivity index (χ0) is 24.1. The van der Waals surface area contributed by atoms with Gasteiger partial charge >= 0.3 is 0 Å². The molecule has 0 aliphatic rings. The zero-order valence-corrected chi connectivity index (χ0v) is 22.3. The monoisotopic (exact) mass is 488 g/mol. The van der Waals surface area contributed by atoms with Crippen LogP contribution in [0.1, 0.15) is 47.5 Å². The average molecular weight is 489 g/mol. The molecule has 0 atom stereocenters. The second-order valence-corrected chi connectivity index (χ2v) is 9.66. The molecule has 0 spiro atoms. The number of nitrogens with zero attached hydrogens (tertiary/aromatic N) is 4. The Hall–Kier alpha value is -3.31. The van der Waals surface area contributed by atoms with Crippen LogP contribution in [0.25, 0.3) is 27.8 Å². The van der Waals surface area contributed by atoms with Crippen molar-refractivity contribution < 1.29 is 4.74 Å². The number of halogens is 1. The first kappa shape index (κ1) is 24.8.